The number of ether oxygens (including phenoxy) is 1. The molecule has 3 heterocycles. The standard InChI is InChI=1S/C34H49N5O4/c40-27-16-28-12-21-36(22-13-28)17-6-19-38-25-26-39(34(38)42)20-7-18-37-23-14-30(15-24-37)43-33(41)35-32-11-5-4-10-31(32)29-8-2-1-3-9-29/h1-5,8-11,28,30,40H,6-7,12-27H2,(H,35,41). The molecule has 2 N–H and O–H groups in total. The summed E-state index contributed by atoms with van der Waals surface area (Å²) in [6.07, 6.45) is 6.45. The number of para-hydroxylation sites is 1. The normalized spacial score (nSPS) is 19.2. The van der Waals surface area contributed by atoms with E-state index in [-0.39, 0.29) is 12.1 Å². The lowest BCUT2D eigenvalue weighted by Gasteiger charge is -2.32. The van der Waals surface area contributed by atoms with E-state index < -0.39 is 6.09 Å². The Labute approximate surface area is 256 Å². The van der Waals surface area contributed by atoms with Crippen molar-refractivity contribution in [3.63, 3.8) is 0 Å². The van der Waals surface area contributed by atoms with Crippen molar-refractivity contribution in [3.05, 3.63) is 54.6 Å². The number of urea groups is 1. The minimum absolute atomic E-state index is 0.0826. The number of carbonyl (C=O) groups is 2. The molecule has 3 saturated heterocycles. The summed E-state index contributed by atoms with van der Waals surface area (Å²) in [5.41, 5.74) is 2.78. The summed E-state index contributed by atoms with van der Waals surface area (Å²) < 4.78 is 5.78. The molecule has 0 spiro atoms. The van der Waals surface area contributed by atoms with Crippen LogP contribution in [0.15, 0.2) is 54.6 Å². The Morgan fingerprint density at radius 3 is 1.98 bits per heavy atom. The first-order valence-corrected chi connectivity index (χ1v) is 16.3. The summed E-state index contributed by atoms with van der Waals surface area (Å²) in [5, 5.41) is 12.1. The second-order valence-electron chi connectivity index (χ2n) is 12.2. The summed E-state index contributed by atoms with van der Waals surface area (Å²) in [6, 6.07) is 18.0. The molecule has 3 aliphatic rings. The minimum atomic E-state index is -0.401. The molecule has 9 nitrogen and oxygen atoms in total. The molecule has 0 radical (unpaired) electrons. The Morgan fingerprint density at radius 1 is 0.767 bits per heavy atom. The number of hydrogen-bond acceptors (Lipinski definition) is 6. The van der Waals surface area contributed by atoms with Gasteiger partial charge in [0, 0.05) is 51.4 Å². The van der Waals surface area contributed by atoms with E-state index in [0.29, 0.717) is 12.5 Å². The van der Waals surface area contributed by atoms with Crippen LogP contribution in [-0.2, 0) is 4.74 Å². The summed E-state index contributed by atoms with van der Waals surface area (Å²) in [4.78, 5) is 34.6. The number of carbonyl (C=O) groups excluding carboxylic acids is 2. The van der Waals surface area contributed by atoms with Gasteiger partial charge in [-0.3, -0.25) is 5.32 Å². The van der Waals surface area contributed by atoms with Crippen LogP contribution in [0.2, 0.25) is 0 Å². The van der Waals surface area contributed by atoms with Gasteiger partial charge in [-0.1, -0.05) is 48.5 Å². The van der Waals surface area contributed by atoms with Gasteiger partial charge >= 0.3 is 12.1 Å². The van der Waals surface area contributed by atoms with E-state index in [0.717, 1.165) is 114 Å². The van der Waals surface area contributed by atoms with Crippen molar-refractivity contribution in [2.24, 2.45) is 5.92 Å². The fourth-order valence-electron chi connectivity index (χ4n) is 6.70. The van der Waals surface area contributed by atoms with Crippen LogP contribution in [0.3, 0.4) is 0 Å². The fourth-order valence-corrected chi connectivity index (χ4v) is 6.70. The molecular formula is C34H49N5O4. The van der Waals surface area contributed by atoms with Crippen molar-refractivity contribution in [2.75, 3.05) is 77.4 Å². The van der Waals surface area contributed by atoms with Crippen LogP contribution in [-0.4, -0.2) is 115 Å². The zero-order valence-electron chi connectivity index (χ0n) is 25.5. The molecular weight excluding hydrogens is 542 g/mol. The topological polar surface area (TPSA) is 88.6 Å². The first-order chi connectivity index (χ1) is 21.1. The molecule has 2 aromatic carbocycles. The number of likely N-dealkylation sites (tertiary alicyclic amines) is 2. The van der Waals surface area contributed by atoms with Gasteiger partial charge in [0.15, 0.2) is 0 Å². The van der Waals surface area contributed by atoms with E-state index in [1.54, 1.807) is 0 Å². The molecule has 2 aromatic rings. The number of rotatable bonds is 13. The highest BCUT2D eigenvalue weighted by Gasteiger charge is 2.28. The van der Waals surface area contributed by atoms with Crippen LogP contribution < -0.4 is 5.32 Å². The van der Waals surface area contributed by atoms with Crippen molar-refractivity contribution in [1.82, 2.24) is 19.6 Å². The average molecular weight is 592 g/mol. The first kappa shape index (κ1) is 31.3. The molecule has 0 aromatic heterocycles. The van der Waals surface area contributed by atoms with Crippen molar-refractivity contribution < 1.29 is 19.4 Å². The Kier molecular flexibility index (Phi) is 11.7. The number of benzene rings is 2. The molecule has 9 heteroatoms. The Balaban J connectivity index is 0.940. The van der Waals surface area contributed by atoms with Gasteiger partial charge in [-0.05, 0) is 88.7 Å². The molecule has 234 valence electrons. The maximum atomic E-state index is 12.9. The number of aliphatic hydroxyl groups excluding tert-OH is 1. The highest BCUT2D eigenvalue weighted by molar-refractivity contribution is 5.91. The smallest absolute Gasteiger partial charge is 0.411 e. The van der Waals surface area contributed by atoms with Crippen LogP contribution in [0.25, 0.3) is 11.1 Å². The Hall–Kier alpha value is -3.14. The summed E-state index contributed by atoms with van der Waals surface area (Å²) in [5.74, 6) is 0.676. The summed E-state index contributed by atoms with van der Waals surface area (Å²) >= 11 is 0. The van der Waals surface area contributed by atoms with Gasteiger partial charge in [0.25, 0.3) is 0 Å². The number of anilines is 1. The van der Waals surface area contributed by atoms with Crippen molar-refractivity contribution >= 4 is 17.8 Å². The Morgan fingerprint density at radius 2 is 1.35 bits per heavy atom. The minimum Gasteiger partial charge on any atom is -0.446 e. The van der Waals surface area contributed by atoms with Crippen LogP contribution >= 0.6 is 0 Å². The fraction of sp³-hybridized carbons (Fsp3) is 0.588. The van der Waals surface area contributed by atoms with Gasteiger partial charge < -0.3 is 29.4 Å². The number of hydrogen-bond donors (Lipinski definition) is 2. The van der Waals surface area contributed by atoms with E-state index in [4.69, 9.17) is 9.84 Å². The van der Waals surface area contributed by atoms with E-state index >= 15 is 0 Å². The molecule has 0 saturated carbocycles. The third-order valence-electron chi connectivity index (χ3n) is 9.29. The predicted molar refractivity (Wildman–Crippen MR) is 170 cm³/mol. The SMILES string of the molecule is O=C(Nc1ccccc1-c1ccccc1)OC1CCN(CCCN2CCN(CCCN3CCC(CCO)CC3)C2=O)CC1. The zero-order valence-corrected chi connectivity index (χ0v) is 25.5. The zero-order chi connectivity index (χ0) is 29.9. The quantitative estimate of drug-likeness (QED) is 0.342. The number of nitrogens with zero attached hydrogens (tertiary/aromatic N) is 4. The molecule has 0 atom stereocenters. The van der Waals surface area contributed by atoms with Crippen molar-refractivity contribution in [1.29, 1.82) is 0 Å². The van der Waals surface area contributed by atoms with Gasteiger partial charge in [-0.2, -0.15) is 0 Å². The lowest BCUT2D eigenvalue weighted by molar-refractivity contribution is 0.0581. The molecule has 0 bridgehead atoms. The van der Waals surface area contributed by atoms with Gasteiger partial charge in [-0.15, -0.1) is 0 Å². The largest absolute Gasteiger partial charge is 0.446 e. The summed E-state index contributed by atoms with van der Waals surface area (Å²) in [6.45, 7) is 9.64. The highest BCUT2D eigenvalue weighted by Crippen LogP contribution is 2.28. The predicted octanol–water partition coefficient (Wildman–Crippen LogP) is 4.98. The molecule has 3 fully saturated rings. The van der Waals surface area contributed by atoms with Gasteiger partial charge in [0.05, 0.1) is 5.69 Å². The molecule has 5 rings (SSSR count). The number of aliphatic hydroxyl groups is 1. The van der Waals surface area contributed by atoms with Crippen LogP contribution in [0.4, 0.5) is 15.3 Å². The Bertz CT molecular complexity index is 1150. The second-order valence-corrected chi connectivity index (χ2v) is 12.2. The van der Waals surface area contributed by atoms with Gasteiger partial charge in [0.1, 0.15) is 6.10 Å². The number of amides is 3. The lowest BCUT2D eigenvalue weighted by Crippen LogP contribution is -2.40. The van der Waals surface area contributed by atoms with Crippen molar-refractivity contribution in [2.45, 2.75) is 51.0 Å². The van der Waals surface area contributed by atoms with E-state index in [1.807, 2.05) is 64.4 Å². The van der Waals surface area contributed by atoms with Crippen molar-refractivity contribution in [3.8, 4) is 11.1 Å². The lowest BCUT2D eigenvalue weighted by atomic mass is 9.94. The molecule has 0 unspecified atom stereocenters. The average Bonchev–Trinajstić information content (AvgIpc) is 3.38. The first-order valence-electron chi connectivity index (χ1n) is 16.3. The number of nitrogens with one attached hydrogen (secondary N) is 1. The molecule has 3 amide bonds. The van der Waals surface area contributed by atoms with E-state index in [1.165, 1.54) is 12.8 Å². The molecule has 43 heavy (non-hydrogen) atoms. The maximum Gasteiger partial charge on any atom is 0.411 e. The number of piperidine rings is 2. The van der Waals surface area contributed by atoms with Crippen LogP contribution in [0.1, 0.15) is 44.9 Å². The van der Waals surface area contributed by atoms with E-state index in [2.05, 4.69) is 15.1 Å². The maximum absolute atomic E-state index is 12.9. The van der Waals surface area contributed by atoms with Gasteiger partial charge in [-0.25, -0.2) is 9.59 Å². The molecule has 0 aliphatic carbocycles. The van der Waals surface area contributed by atoms with Crippen LogP contribution in [0, 0.1) is 5.92 Å². The third-order valence-corrected chi connectivity index (χ3v) is 9.29. The third kappa shape index (κ3) is 9.17. The summed E-state index contributed by atoms with van der Waals surface area (Å²) in [7, 11) is 0. The van der Waals surface area contributed by atoms with E-state index in [9.17, 15) is 9.59 Å². The second kappa shape index (κ2) is 16.1. The van der Waals surface area contributed by atoms with Crippen LogP contribution in [0.5, 0.6) is 0 Å². The monoisotopic (exact) mass is 591 g/mol. The van der Waals surface area contributed by atoms with Gasteiger partial charge in [0.2, 0.25) is 0 Å². The molecule has 3 aliphatic heterocycles. The highest BCUT2D eigenvalue weighted by atomic mass is 16.6.